The summed E-state index contributed by atoms with van der Waals surface area (Å²) < 4.78 is 24.9. The van der Waals surface area contributed by atoms with Crippen LogP contribution in [0.25, 0.3) is 11.3 Å². The molecule has 0 unspecified atom stereocenters. The maximum atomic E-state index is 13.1. The number of para-hydroxylation sites is 1. The van der Waals surface area contributed by atoms with Gasteiger partial charge in [-0.25, -0.2) is 14.2 Å². The molecule has 34 heavy (non-hydrogen) atoms. The molecule has 0 saturated heterocycles. The Morgan fingerprint density at radius 1 is 1.03 bits per heavy atom. The lowest BCUT2D eigenvalue weighted by atomic mass is 10.2. The number of amides is 1. The lowest BCUT2D eigenvalue weighted by Crippen LogP contribution is -2.21. The molecule has 4 aromatic rings. The van der Waals surface area contributed by atoms with Crippen LogP contribution in [0.1, 0.15) is 15.9 Å². The minimum atomic E-state index is -0.696. The van der Waals surface area contributed by atoms with Gasteiger partial charge in [0.2, 0.25) is 0 Å². The highest BCUT2D eigenvalue weighted by atomic mass is 79.9. The van der Waals surface area contributed by atoms with Gasteiger partial charge in [-0.1, -0.05) is 52.3 Å². The number of nitrogens with one attached hydrogen (secondary N) is 1. The summed E-state index contributed by atoms with van der Waals surface area (Å²) in [4.78, 5) is 29.2. The van der Waals surface area contributed by atoms with E-state index in [-0.39, 0.29) is 18.0 Å². The van der Waals surface area contributed by atoms with Gasteiger partial charge in [0.05, 0.1) is 5.69 Å². The average molecular weight is 541 g/mol. The van der Waals surface area contributed by atoms with E-state index < -0.39 is 18.5 Å². The number of carbonyl (C=O) groups is 2. The lowest BCUT2D eigenvalue weighted by Gasteiger charge is -2.11. The summed E-state index contributed by atoms with van der Waals surface area (Å²) in [5, 5.41) is 4.87. The first-order valence-electron chi connectivity index (χ1n) is 10.1. The van der Waals surface area contributed by atoms with E-state index in [9.17, 15) is 14.0 Å². The Morgan fingerprint density at radius 3 is 2.62 bits per heavy atom. The average Bonchev–Trinajstić information content (AvgIpc) is 3.31. The van der Waals surface area contributed by atoms with Gasteiger partial charge in [0.25, 0.3) is 5.91 Å². The quantitative estimate of drug-likeness (QED) is 0.274. The molecule has 0 aliphatic heterocycles. The van der Waals surface area contributed by atoms with Gasteiger partial charge in [0, 0.05) is 15.4 Å². The Balaban J connectivity index is 1.32. The van der Waals surface area contributed by atoms with Crippen LogP contribution < -0.4 is 10.1 Å². The van der Waals surface area contributed by atoms with Gasteiger partial charge in [-0.2, -0.15) is 0 Å². The van der Waals surface area contributed by atoms with Crippen molar-refractivity contribution in [2.45, 2.75) is 6.61 Å². The van der Waals surface area contributed by atoms with Gasteiger partial charge in [0.1, 0.15) is 23.7 Å². The van der Waals surface area contributed by atoms with Crippen molar-refractivity contribution in [3.05, 3.63) is 99.6 Å². The smallest absolute Gasteiger partial charge is 0.342 e. The highest BCUT2D eigenvalue weighted by Gasteiger charge is 2.16. The van der Waals surface area contributed by atoms with Crippen molar-refractivity contribution in [1.82, 2.24) is 4.98 Å². The summed E-state index contributed by atoms with van der Waals surface area (Å²) in [6.07, 6.45) is 0. The molecule has 0 saturated carbocycles. The number of ether oxygens (including phenoxy) is 2. The molecular weight excluding hydrogens is 523 g/mol. The van der Waals surface area contributed by atoms with Crippen LogP contribution in [0.5, 0.6) is 5.75 Å². The standard InChI is InChI=1S/C25H18BrFN2O4S/c26-18-5-3-4-17(12-18)21-15-34-25(28-21)29-23(30)14-33-24(31)20-6-1-2-7-22(20)32-13-16-8-10-19(27)11-9-16/h1-12,15H,13-14H2,(H,28,29,30). The third-order valence-corrected chi connectivity index (χ3v) is 5.87. The molecule has 0 bridgehead atoms. The van der Waals surface area contributed by atoms with E-state index in [4.69, 9.17) is 9.47 Å². The molecule has 1 N–H and O–H groups in total. The van der Waals surface area contributed by atoms with Crippen molar-refractivity contribution >= 4 is 44.3 Å². The monoisotopic (exact) mass is 540 g/mol. The van der Waals surface area contributed by atoms with E-state index in [1.807, 2.05) is 29.6 Å². The van der Waals surface area contributed by atoms with Gasteiger partial charge in [-0.15, -0.1) is 11.3 Å². The van der Waals surface area contributed by atoms with E-state index in [1.54, 1.807) is 36.4 Å². The molecule has 1 heterocycles. The third-order valence-electron chi connectivity index (χ3n) is 4.62. The Labute approximate surface area is 207 Å². The summed E-state index contributed by atoms with van der Waals surface area (Å²) in [6.45, 7) is -0.327. The second-order valence-corrected chi connectivity index (χ2v) is 8.86. The number of halogens is 2. The van der Waals surface area contributed by atoms with Crippen LogP contribution in [0.2, 0.25) is 0 Å². The Kier molecular flexibility index (Phi) is 7.66. The first-order chi connectivity index (χ1) is 16.5. The Bertz CT molecular complexity index is 1310. The van der Waals surface area contributed by atoms with Crippen LogP contribution in [0.3, 0.4) is 0 Å². The summed E-state index contributed by atoms with van der Waals surface area (Å²) >= 11 is 4.70. The molecule has 172 valence electrons. The SMILES string of the molecule is O=C(COC(=O)c1ccccc1OCc1ccc(F)cc1)Nc1nc(-c2cccc(Br)c2)cs1. The number of nitrogens with zero attached hydrogens (tertiary/aromatic N) is 1. The second-order valence-electron chi connectivity index (χ2n) is 7.08. The summed E-state index contributed by atoms with van der Waals surface area (Å²) in [5.41, 5.74) is 2.57. The van der Waals surface area contributed by atoms with Crippen molar-refractivity contribution in [1.29, 1.82) is 0 Å². The van der Waals surface area contributed by atoms with Crippen molar-refractivity contribution in [3.63, 3.8) is 0 Å². The van der Waals surface area contributed by atoms with Crippen LogP contribution in [0.4, 0.5) is 9.52 Å². The zero-order chi connectivity index (χ0) is 23.9. The molecule has 0 aliphatic carbocycles. The number of anilines is 1. The van der Waals surface area contributed by atoms with Gasteiger partial charge in [0.15, 0.2) is 11.7 Å². The molecule has 0 atom stereocenters. The maximum absolute atomic E-state index is 13.1. The fraction of sp³-hybridized carbons (Fsp3) is 0.0800. The number of hydrogen-bond acceptors (Lipinski definition) is 6. The molecular formula is C25H18BrFN2O4S. The minimum absolute atomic E-state index is 0.148. The molecule has 0 fully saturated rings. The normalized spacial score (nSPS) is 10.5. The number of rotatable bonds is 8. The van der Waals surface area contributed by atoms with Crippen molar-refractivity contribution in [2.75, 3.05) is 11.9 Å². The predicted octanol–water partition coefficient (Wildman–Crippen LogP) is 6.09. The van der Waals surface area contributed by atoms with Gasteiger partial charge in [-0.05, 0) is 42.0 Å². The number of benzene rings is 3. The molecule has 1 amide bonds. The Morgan fingerprint density at radius 2 is 1.82 bits per heavy atom. The fourth-order valence-electron chi connectivity index (χ4n) is 2.98. The van der Waals surface area contributed by atoms with Gasteiger partial charge >= 0.3 is 5.97 Å². The van der Waals surface area contributed by atoms with Crippen LogP contribution in [0, 0.1) is 5.82 Å². The van der Waals surface area contributed by atoms with E-state index in [1.165, 1.54) is 23.5 Å². The summed E-state index contributed by atoms with van der Waals surface area (Å²) in [7, 11) is 0. The predicted molar refractivity (Wildman–Crippen MR) is 131 cm³/mol. The zero-order valence-corrected chi connectivity index (χ0v) is 20.1. The summed E-state index contributed by atoms with van der Waals surface area (Å²) in [5.74, 6) is -1.24. The summed E-state index contributed by atoms with van der Waals surface area (Å²) in [6, 6.07) is 20.1. The minimum Gasteiger partial charge on any atom is -0.488 e. The van der Waals surface area contributed by atoms with Gasteiger partial charge in [-0.3, -0.25) is 10.1 Å². The van der Waals surface area contributed by atoms with Crippen molar-refractivity contribution < 1.29 is 23.5 Å². The number of aromatic nitrogens is 1. The highest BCUT2D eigenvalue weighted by molar-refractivity contribution is 9.10. The molecule has 1 aromatic heterocycles. The molecule has 0 radical (unpaired) electrons. The Hall–Kier alpha value is -3.56. The van der Waals surface area contributed by atoms with Crippen molar-refractivity contribution in [2.24, 2.45) is 0 Å². The molecule has 6 nitrogen and oxygen atoms in total. The van der Waals surface area contributed by atoms with E-state index >= 15 is 0 Å². The third kappa shape index (κ3) is 6.27. The number of carbonyl (C=O) groups excluding carboxylic acids is 2. The molecule has 4 rings (SSSR count). The number of esters is 1. The topological polar surface area (TPSA) is 77.5 Å². The maximum Gasteiger partial charge on any atom is 0.342 e. The molecule has 3 aromatic carbocycles. The lowest BCUT2D eigenvalue weighted by molar-refractivity contribution is -0.119. The molecule has 0 spiro atoms. The van der Waals surface area contributed by atoms with Crippen LogP contribution in [-0.4, -0.2) is 23.5 Å². The number of thiazole rings is 1. The fourth-order valence-corrected chi connectivity index (χ4v) is 4.11. The molecule has 0 aliphatic rings. The zero-order valence-electron chi connectivity index (χ0n) is 17.7. The van der Waals surface area contributed by atoms with E-state index in [0.717, 1.165) is 21.3 Å². The number of hydrogen-bond donors (Lipinski definition) is 1. The van der Waals surface area contributed by atoms with Crippen molar-refractivity contribution in [3.8, 4) is 17.0 Å². The second kappa shape index (κ2) is 11.0. The van der Waals surface area contributed by atoms with Gasteiger partial charge < -0.3 is 9.47 Å². The van der Waals surface area contributed by atoms with Crippen LogP contribution >= 0.6 is 27.3 Å². The first-order valence-corrected chi connectivity index (χ1v) is 11.8. The van der Waals surface area contributed by atoms with Crippen LogP contribution in [0.15, 0.2) is 82.6 Å². The molecule has 9 heteroatoms. The highest BCUT2D eigenvalue weighted by Crippen LogP contribution is 2.27. The largest absolute Gasteiger partial charge is 0.488 e. The van der Waals surface area contributed by atoms with Crippen LogP contribution in [-0.2, 0) is 16.1 Å². The van der Waals surface area contributed by atoms with E-state index in [0.29, 0.717) is 10.9 Å². The van der Waals surface area contributed by atoms with E-state index in [2.05, 4.69) is 26.2 Å². The first kappa shape index (κ1) is 23.6.